The van der Waals surface area contributed by atoms with Crippen LogP contribution < -0.4 is 10.1 Å². The summed E-state index contributed by atoms with van der Waals surface area (Å²) in [5.74, 6) is 2.34. The van der Waals surface area contributed by atoms with E-state index in [-0.39, 0.29) is 11.2 Å². The highest BCUT2D eigenvalue weighted by molar-refractivity contribution is 5.62. The molecule has 6 atom stereocenters. The van der Waals surface area contributed by atoms with Crippen molar-refractivity contribution in [3.63, 3.8) is 0 Å². The smallest absolute Gasteiger partial charge is 0.165 e. The van der Waals surface area contributed by atoms with E-state index in [9.17, 15) is 10.2 Å². The SMILES string of the molecule is C=CCNCC[C@]12c3c(ccc(O)c3O[C@H]1[C@@H](O)C=C)C1C[C@H]1[C@@H]2C. The van der Waals surface area contributed by atoms with Crippen molar-refractivity contribution < 1.29 is 14.9 Å². The Labute approximate surface area is 149 Å². The van der Waals surface area contributed by atoms with Gasteiger partial charge in [0.15, 0.2) is 11.5 Å². The van der Waals surface area contributed by atoms with Crippen LogP contribution in [-0.4, -0.2) is 35.5 Å². The highest BCUT2D eigenvalue weighted by atomic mass is 16.5. The number of phenols is 1. The van der Waals surface area contributed by atoms with E-state index in [1.165, 1.54) is 12.0 Å². The van der Waals surface area contributed by atoms with Crippen molar-refractivity contribution in [3.05, 3.63) is 48.6 Å². The molecule has 1 aromatic rings. The Morgan fingerprint density at radius 1 is 1.44 bits per heavy atom. The summed E-state index contributed by atoms with van der Waals surface area (Å²) in [5.41, 5.74) is 2.13. The normalized spacial score (nSPS) is 35.3. The number of ether oxygens (including phenoxy) is 1. The van der Waals surface area contributed by atoms with Crippen molar-refractivity contribution in [2.45, 2.75) is 43.3 Å². The standard InChI is InChI=1S/C21H27NO3/c1-4-9-22-10-8-21-12(3)14-11-15(14)13-6-7-17(24)19(18(13)21)25-20(21)16(23)5-2/h4-7,12,14-16,20,22-24H,1-2,8-11H2,3H3/t12-,14-,15?,16-,20-,21-/m0/s1. The van der Waals surface area contributed by atoms with Crippen LogP contribution in [0.15, 0.2) is 37.4 Å². The maximum atomic E-state index is 10.7. The van der Waals surface area contributed by atoms with Gasteiger partial charge in [-0.1, -0.05) is 25.1 Å². The van der Waals surface area contributed by atoms with Crippen LogP contribution in [-0.2, 0) is 5.41 Å². The van der Waals surface area contributed by atoms with Crippen LogP contribution in [0.25, 0.3) is 0 Å². The van der Waals surface area contributed by atoms with Crippen LogP contribution in [0.5, 0.6) is 11.5 Å². The molecule has 4 rings (SSSR count). The third-order valence-corrected chi connectivity index (χ3v) is 6.64. The molecule has 1 saturated carbocycles. The second-order valence-corrected chi connectivity index (χ2v) is 7.72. The quantitative estimate of drug-likeness (QED) is 0.527. The first-order valence-corrected chi connectivity index (χ1v) is 9.21. The van der Waals surface area contributed by atoms with Gasteiger partial charge in [-0.3, -0.25) is 0 Å². The van der Waals surface area contributed by atoms with Gasteiger partial charge in [-0.25, -0.2) is 0 Å². The Kier molecular flexibility index (Phi) is 3.93. The third-order valence-electron chi connectivity index (χ3n) is 6.64. The number of benzene rings is 1. The molecule has 25 heavy (non-hydrogen) atoms. The first-order valence-electron chi connectivity index (χ1n) is 9.21. The van der Waals surface area contributed by atoms with E-state index < -0.39 is 12.2 Å². The van der Waals surface area contributed by atoms with Gasteiger partial charge < -0.3 is 20.3 Å². The number of aromatic hydroxyl groups is 1. The summed E-state index contributed by atoms with van der Waals surface area (Å²) < 4.78 is 6.20. The number of aliphatic hydroxyl groups is 1. The molecule has 0 saturated heterocycles. The number of hydrogen-bond donors (Lipinski definition) is 3. The van der Waals surface area contributed by atoms with Crippen molar-refractivity contribution in [1.82, 2.24) is 5.32 Å². The largest absolute Gasteiger partial charge is 0.504 e. The van der Waals surface area contributed by atoms with E-state index in [2.05, 4.69) is 31.5 Å². The lowest BCUT2D eigenvalue weighted by Crippen LogP contribution is -2.52. The van der Waals surface area contributed by atoms with Gasteiger partial charge in [0, 0.05) is 17.5 Å². The van der Waals surface area contributed by atoms with Crippen LogP contribution in [0.3, 0.4) is 0 Å². The van der Waals surface area contributed by atoms with Crippen LogP contribution >= 0.6 is 0 Å². The first kappa shape index (κ1) is 16.7. The Balaban J connectivity index is 1.83. The maximum absolute atomic E-state index is 10.7. The summed E-state index contributed by atoms with van der Waals surface area (Å²) in [4.78, 5) is 0. The molecule has 0 bridgehead atoms. The number of rotatable bonds is 7. The lowest BCUT2D eigenvalue weighted by Gasteiger charge is -2.44. The predicted molar refractivity (Wildman–Crippen MR) is 98.1 cm³/mol. The van der Waals surface area contributed by atoms with Gasteiger partial charge in [-0.05, 0) is 48.8 Å². The van der Waals surface area contributed by atoms with Crippen molar-refractivity contribution in [2.24, 2.45) is 11.8 Å². The van der Waals surface area contributed by atoms with Crippen molar-refractivity contribution in [2.75, 3.05) is 13.1 Å². The molecule has 1 fully saturated rings. The average Bonchev–Trinajstić information content (AvgIpc) is 3.33. The van der Waals surface area contributed by atoms with Gasteiger partial charge in [-0.15, -0.1) is 13.2 Å². The van der Waals surface area contributed by atoms with E-state index in [0.717, 1.165) is 25.1 Å². The molecule has 2 aliphatic carbocycles. The molecule has 0 radical (unpaired) electrons. The molecule has 1 heterocycles. The summed E-state index contributed by atoms with van der Waals surface area (Å²) >= 11 is 0. The summed E-state index contributed by atoms with van der Waals surface area (Å²) in [5, 5.41) is 24.5. The zero-order valence-electron chi connectivity index (χ0n) is 14.7. The van der Waals surface area contributed by atoms with Crippen LogP contribution in [0.4, 0.5) is 0 Å². The second-order valence-electron chi connectivity index (χ2n) is 7.72. The van der Waals surface area contributed by atoms with Gasteiger partial charge >= 0.3 is 0 Å². The highest BCUT2D eigenvalue weighted by Crippen LogP contribution is 2.69. The van der Waals surface area contributed by atoms with Gasteiger partial charge in [0.05, 0.1) is 0 Å². The number of phenolic OH excluding ortho intramolecular Hbond substituents is 1. The summed E-state index contributed by atoms with van der Waals surface area (Å²) in [7, 11) is 0. The lowest BCUT2D eigenvalue weighted by atomic mass is 9.59. The zero-order chi connectivity index (χ0) is 17.8. The van der Waals surface area contributed by atoms with Crippen molar-refractivity contribution in [3.8, 4) is 11.5 Å². The molecule has 4 heteroatoms. The molecule has 1 aliphatic heterocycles. The van der Waals surface area contributed by atoms with E-state index in [4.69, 9.17) is 4.74 Å². The molecule has 134 valence electrons. The number of hydrogen-bond acceptors (Lipinski definition) is 4. The number of nitrogens with one attached hydrogen (secondary N) is 1. The highest BCUT2D eigenvalue weighted by Gasteiger charge is 2.65. The molecular weight excluding hydrogens is 314 g/mol. The first-order chi connectivity index (χ1) is 12.1. The Morgan fingerprint density at radius 2 is 2.24 bits per heavy atom. The molecule has 4 nitrogen and oxygen atoms in total. The van der Waals surface area contributed by atoms with E-state index >= 15 is 0 Å². The average molecular weight is 341 g/mol. The van der Waals surface area contributed by atoms with Gasteiger partial charge in [0.1, 0.15) is 12.2 Å². The van der Waals surface area contributed by atoms with Crippen molar-refractivity contribution >= 4 is 0 Å². The second kappa shape index (κ2) is 5.89. The minimum absolute atomic E-state index is 0.173. The van der Waals surface area contributed by atoms with Crippen LogP contribution in [0, 0.1) is 11.8 Å². The van der Waals surface area contributed by atoms with Gasteiger partial charge in [-0.2, -0.15) is 0 Å². The van der Waals surface area contributed by atoms with Gasteiger partial charge in [0.25, 0.3) is 0 Å². The molecule has 3 N–H and O–H groups in total. The Morgan fingerprint density at radius 3 is 2.96 bits per heavy atom. The van der Waals surface area contributed by atoms with E-state index in [1.807, 2.05) is 6.08 Å². The molecular formula is C21H27NO3. The minimum Gasteiger partial charge on any atom is -0.504 e. The number of fused-ring (bicyclic) bond motifs is 2. The van der Waals surface area contributed by atoms with Crippen molar-refractivity contribution in [1.29, 1.82) is 0 Å². The number of aliphatic hydroxyl groups excluding tert-OH is 1. The topological polar surface area (TPSA) is 61.7 Å². The molecule has 0 amide bonds. The van der Waals surface area contributed by atoms with E-state index in [1.54, 1.807) is 12.1 Å². The van der Waals surface area contributed by atoms with E-state index in [0.29, 0.717) is 23.5 Å². The molecule has 3 aliphatic rings. The predicted octanol–water partition coefficient (Wildman–Crippen LogP) is 2.86. The minimum atomic E-state index is -0.767. The maximum Gasteiger partial charge on any atom is 0.165 e. The fraction of sp³-hybridized carbons (Fsp3) is 0.524. The summed E-state index contributed by atoms with van der Waals surface area (Å²) in [6, 6.07) is 3.80. The molecule has 0 aromatic heterocycles. The fourth-order valence-electron chi connectivity index (χ4n) is 5.36. The summed E-state index contributed by atoms with van der Waals surface area (Å²) in [6.45, 7) is 11.4. The van der Waals surface area contributed by atoms with Gasteiger partial charge in [0.2, 0.25) is 0 Å². The molecule has 1 unspecified atom stereocenters. The van der Waals surface area contributed by atoms with Crippen LogP contribution in [0.1, 0.15) is 36.8 Å². The summed E-state index contributed by atoms with van der Waals surface area (Å²) in [6.07, 6.45) is 4.27. The fourth-order valence-corrected chi connectivity index (χ4v) is 5.36. The Hall–Kier alpha value is -1.78. The molecule has 0 spiro atoms. The monoisotopic (exact) mass is 341 g/mol. The Bertz CT molecular complexity index is 715. The zero-order valence-corrected chi connectivity index (χ0v) is 14.7. The molecule has 1 aromatic carbocycles. The third kappa shape index (κ3) is 2.20. The lowest BCUT2D eigenvalue weighted by molar-refractivity contribution is 0.00104. The van der Waals surface area contributed by atoms with Crippen LogP contribution in [0.2, 0.25) is 0 Å².